The van der Waals surface area contributed by atoms with E-state index in [1.54, 1.807) is 7.11 Å². The Balaban J connectivity index is 2.59. The highest BCUT2D eigenvalue weighted by Gasteiger charge is 2.41. The second kappa shape index (κ2) is 5.31. The zero-order valence-corrected chi connectivity index (χ0v) is 11.0. The van der Waals surface area contributed by atoms with Gasteiger partial charge in [-0.05, 0) is 51.1 Å². The molecule has 0 aromatic heterocycles. The van der Waals surface area contributed by atoms with Crippen LogP contribution in [0.3, 0.4) is 0 Å². The molecule has 0 saturated carbocycles. The van der Waals surface area contributed by atoms with Gasteiger partial charge in [0.05, 0.1) is 0 Å². The molecule has 1 heterocycles. The molecule has 1 aliphatic heterocycles. The van der Waals surface area contributed by atoms with E-state index in [-0.39, 0.29) is 0 Å². The van der Waals surface area contributed by atoms with Crippen LogP contribution in [-0.2, 0) is 4.74 Å². The van der Waals surface area contributed by atoms with Gasteiger partial charge in [0.1, 0.15) is 0 Å². The first-order valence-corrected chi connectivity index (χ1v) is 6.21. The monoisotopic (exact) mass is 213 g/mol. The Hall–Kier alpha value is -0.0800. The van der Waals surface area contributed by atoms with E-state index in [0.717, 1.165) is 12.5 Å². The Morgan fingerprint density at radius 1 is 1.40 bits per heavy atom. The summed E-state index contributed by atoms with van der Waals surface area (Å²) in [5, 5.41) is 0. The van der Waals surface area contributed by atoms with Crippen molar-refractivity contribution in [3.8, 4) is 0 Å². The van der Waals surface area contributed by atoms with Gasteiger partial charge < -0.3 is 9.64 Å². The first-order valence-electron chi connectivity index (χ1n) is 6.21. The fourth-order valence-corrected chi connectivity index (χ4v) is 2.89. The van der Waals surface area contributed by atoms with Gasteiger partial charge in [-0.25, -0.2) is 0 Å². The number of likely N-dealkylation sites (tertiary alicyclic amines) is 1. The van der Waals surface area contributed by atoms with Crippen molar-refractivity contribution < 1.29 is 4.74 Å². The average molecular weight is 213 g/mol. The molecule has 0 bridgehead atoms. The van der Waals surface area contributed by atoms with Crippen molar-refractivity contribution in [2.45, 2.75) is 46.1 Å². The third-order valence-corrected chi connectivity index (χ3v) is 4.72. The molecule has 1 fully saturated rings. The Kier molecular flexibility index (Phi) is 4.60. The van der Waals surface area contributed by atoms with Crippen molar-refractivity contribution in [3.63, 3.8) is 0 Å². The molecule has 15 heavy (non-hydrogen) atoms. The molecule has 0 aromatic carbocycles. The Labute approximate surface area is 95.0 Å². The topological polar surface area (TPSA) is 12.5 Å². The van der Waals surface area contributed by atoms with Crippen LogP contribution < -0.4 is 0 Å². The number of hydrogen-bond donors (Lipinski definition) is 0. The highest BCUT2D eigenvalue weighted by Crippen LogP contribution is 2.43. The standard InChI is InChI=1S/C13H27NO/c1-11-7-9-14(4)12(2)13(11,3)8-6-10-15-5/h11-12H,6-10H2,1-5H3. The van der Waals surface area contributed by atoms with E-state index < -0.39 is 0 Å². The van der Waals surface area contributed by atoms with Crippen molar-refractivity contribution in [1.82, 2.24) is 4.90 Å². The Morgan fingerprint density at radius 2 is 2.07 bits per heavy atom. The molecule has 0 amide bonds. The van der Waals surface area contributed by atoms with Gasteiger partial charge in [-0.3, -0.25) is 0 Å². The van der Waals surface area contributed by atoms with Gasteiger partial charge in [-0.2, -0.15) is 0 Å². The molecule has 1 saturated heterocycles. The maximum Gasteiger partial charge on any atom is 0.0462 e. The highest BCUT2D eigenvalue weighted by molar-refractivity contribution is 4.93. The first-order chi connectivity index (χ1) is 7.02. The summed E-state index contributed by atoms with van der Waals surface area (Å²) in [6.07, 6.45) is 3.81. The van der Waals surface area contributed by atoms with Crippen LogP contribution in [0.1, 0.15) is 40.0 Å². The number of methoxy groups -OCH3 is 1. The second-order valence-electron chi connectivity index (χ2n) is 5.45. The van der Waals surface area contributed by atoms with Crippen LogP contribution >= 0.6 is 0 Å². The third kappa shape index (κ3) is 2.73. The van der Waals surface area contributed by atoms with E-state index >= 15 is 0 Å². The van der Waals surface area contributed by atoms with E-state index in [9.17, 15) is 0 Å². The summed E-state index contributed by atoms with van der Waals surface area (Å²) < 4.78 is 5.16. The molecule has 0 radical (unpaired) electrons. The van der Waals surface area contributed by atoms with E-state index in [2.05, 4.69) is 32.7 Å². The fourth-order valence-electron chi connectivity index (χ4n) is 2.89. The van der Waals surface area contributed by atoms with Gasteiger partial charge >= 0.3 is 0 Å². The van der Waals surface area contributed by atoms with E-state index in [1.807, 2.05) is 0 Å². The number of hydrogen-bond acceptors (Lipinski definition) is 2. The van der Waals surface area contributed by atoms with Crippen LogP contribution in [0.5, 0.6) is 0 Å². The minimum atomic E-state index is 0.464. The summed E-state index contributed by atoms with van der Waals surface area (Å²) >= 11 is 0. The lowest BCUT2D eigenvalue weighted by Gasteiger charge is -2.50. The molecule has 0 aliphatic carbocycles. The number of rotatable bonds is 4. The van der Waals surface area contributed by atoms with Gasteiger partial charge in [-0.15, -0.1) is 0 Å². The summed E-state index contributed by atoms with van der Waals surface area (Å²) in [5.74, 6) is 0.834. The summed E-state index contributed by atoms with van der Waals surface area (Å²) in [7, 11) is 4.05. The van der Waals surface area contributed by atoms with Crippen molar-refractivity contribution >= 4 is 0 Å². The van der Waals surface area contributed by atoms with Crippen molar-refractivity contribution in [2.75, 3.05) is 27.3 Å². The van der Waals surface area contributed by atoms with Gasteiger partial charge in [0.15, 0.2) is 0 Å². The van der Waals surface area contributed by atoms with Crippen molar-refractivity contribution in [2.24, 2.45) is 11.3 Å². The molecule has 2 heteroatoms. The normalized spacial score (nSPS) is 38.2. The van der Waals surface area contributed by atoms with Crippen LogP contribution in [-0.4, -0.2) is 38.3 Å². The van der Waals surface area contributed by atoms with Crippen molar-refractivity contribution in [1.29, 1.82) is 0 Å². The zero-order valence-electron chi connectivity index (χ0n) is 11.0. The number of ether oxygens (including phenoxy) is 1. The van der Waals surface area contributed by atoms with Crippen LogP contribution in [0.15, 0.2) is 0 Å². The van der Waals surface area contributed by atoms with Crippen LogP contribution in [0, 0.1) is 11.3 Å². The van der Waals surface area contributed by atoms with Crippen LogP contribution in [0.4, 0.5) is 0 Å². The highest BCUT2D eigenvalue weighted by atomic mass is 16.5. The minimum absolute atomic E-state index is 0.464. The Morgan fingerprint density at radius 3 is 2.67 bits per heavy atom. The largest absolute Gasteiger partial charge is 0.385 e. The molecule has 1 aliphatic rings. The lowest BCUT2D eigenvalue weighted by atomic mass is 9.66. The van der Waals surface area contributed by atoms with E-state index in [0.29, 0.717) is 11.5 Å². The van der Waals surface area contributed by atoms with Crippen molar-refractivity contribution in [3.05, 3.63) is 0 Å². The maximum atomic E-state index is 5.16. The summed E-state index contributed by atoms with van der Waals surface area (Å²) in [4.78, 5) is 2.51. The molecule has 3 unspecified atom stereocenters. The zero-order chi connectivity index (χ0) is 11.5. The second-order valence-corrected chi connectivity index (χ2v) is 5.45. The van der Waals surface area contributed by atoms with Gasteiger partial charge in [0, 0.05) is 19.8 Å². The minimum Gasteiger partial charge on any atom is -0.385 e. The van der Waals surface area contributed by atoms with Crippen LogP contribution in [0.2, 0.25) is 0 Å². The molecule has 0 N–H and O–H groups in total. The lowest BCUT2D eigenvalue weighted by Crippen LogP contribution is -2.51. The molecular weight excluding hydrogens is 186 g/mol. The lowest BCUT2D eigenvalue weighted by molar-refractivity contribution is -0.00502. The average Bonchev–Trinajstić information content (AvgIpc) is 2.22. The molecule has 0 aromatic rings. The summed E-state index contributed by atoms with van der Waals surface area (Å²) in [5.41, 5.74) is 0.464. The molecule has 3 atom stereocenters. The van der Waals surface area contributed by atoms with Gasteiger partial charge in [-0.1, -0.05) is 13.8 Å². The van der Waals surface area contributed by atoms with Gasteiger partial charge in [0.2, 0.25) is 0 Å². The molecule has 2 nitrogen and oxygen atoms in total. The third-order valence-electron chi connectivity index (χ3n) is 4.72. The number of nitrogens with zero attached hydrogens (tertiary/aromatic N) is 1. The summed E-state index contributed by atoms with van der Waals surface area (Å²) in [6.45, 7) is 9.40. The predicted molar refractivity (Wildman–Crippen MR) is 65.1 cm³/mol. The first kappa shape index (κ1) is 13.0. The molecule has 1 rings (SSSR count). The van der Waals surface area contributed by atoms with E-state index in [1.165, 1.54) is 25.8 Å². The quantitative estimate of drug-likeness (QED) is 0.666. The SMILES string of the molecule is COCCCC1(C)C(C)CCN(C)C1C. The molecular formula is C13H27NO. The van der Waals surface area contributed by atoms with Gasteiger partial charge in [0.25, 0.3) is 0 Å². The van der Waals surface area contributed by atoms with E-state index in [4.69, 9.17) is 4.74 Å². The molecule has 0 spiro atoms. The smallest absolute Gasteiger partial charge is 0.0462 e. The number of piperidine rings is 1. The Bertz CT molecular complexity index is 195. The summed E-state index contributed by atoms with van der Waals surface area (Å²) in [6, 6.07) is 0.693. The maximum absolute atomic E-state index is 5.16. The molecule has 90 valence electrons. The van der Waals surface area contributed by atoms with Crippen LogP contribution in [0.25, 0.3) is 0 Å². The fraction of sp³-hybridized carbons (Fsp3) is 1.00. The predicted octanol–water partition coefficient (Wildman–Crippen LogP) is 2.78.